The lowest BCUT2D eigenvalue weighted by molar-refractivity contribution is 0.641. The Kier molecular flexibility index (Phi) is 4.04. The zero-order valence-corrected chi connectivity index (χ0v) is 13.1. The Morgan fingerprint density at radius 2 is 1.09 bits per heavy atom. The van der Waals surface area contributed by atoms with Crippen molar-refractivity contribution in [3.05, 3.63) is 22.4 Å². The number of nitrogen functional groups attached to an aromatic ring is 2. The molecule has 10 heteroatoms. The molecule has 0 saturated carbocycles. The Labute approximate surface area is 137 Å². The molecule has 0 aromatic carbocycles. The molecule has 0 spiro atoms. The molecule has 2 aromatic rings. The van der Waals surface area contributed by atoms with E-state index in [0.29, 0.717) is 10.3 Å². The molecule has 4 N–H and O–H groups in total. The number of nitrogens with zero attached hydrogens (tertiary/aromatic N) is 6. The third kappa shape index (κ3) is 3.23. The summed E-state index contributed by atoms with van der Waals surface area (Å²) < 4.78 is 0. The van der Waals surface area contributed by atoms with E-state index in [4.69, 9.17) is 34.7 Å². The maximum atomic E-state index is 5.92. The number of aromatic nitrogens is 4. The molecule has 0 bridgehead atoms. The molecule has 116 valence electrons. The second-order valence-corrected chi connectivity index (χ2v) is 5.56. The van der Waals surface area contributed by atoms with E-state index in [0.717, 1.165) is 37.8 Å². The van der Waals surface area contributed by atoms with Gasteiger partial charge in [0, 0.05) is 38.3 Å². The van der Waals surface area contributed by atoms with E-state index in [1.807, 2.05) is 0 Å². The van der Waals surface area contributed by atoms with Crippen molar-refractivity contribution in [2.45, 2.75) is 0 Å². The molecule has 3 heterocycles. The third-order valence-corrected chi connectivity index (χ3v) is 3.71. The molecule has 22 heavy (non-hydrogen) atoms. The van der Waals surface area contributed by atoms with Crippen LogP contribution in [0.25, 0.3) is 0 Å². The normalized spacial score (nSPS) is 15.2. The van der Waals surface area contributed by atoms with Gasteiger partial charge in [0.15, 0.2) is 0 Å². The number of anilines is 4. The van der Waals surface area contributed by atoms with E-state index in [-0.39, 0.29) is 11.9 Å². The van der Waals surface area contributed by atoms with Gasteiger partial charge < -0.3 is 21.3 Å². The maximum absolute atomic E-state index is 5.92. The number of rotatable bonds is 2. The van der Waals surface area contributed by atoms with Gasteiger partial charge in [0.1, 0.15) is 21.9 Å². The summed E-state index contributed by atoms with van der Waals surface area (Å²) in [7, 11) is 0. The summed E-state index contributed by atoms with van der Waals surface area (Å²) in [6, 6.07) is 3.40. The van der Waals surface area contributed by atoms with Crippen LogP contribution >= 0.6 is 23.2 Å². The van der Waals surface area contributed by atoms with Gasteiger partial charge in [-0.05, 0) is 0 Å². The summed E-state index contributed by atoms with van der Waals surface area (Å²) >= 11 is 11.8. The van der Waals surface area contributed by atoms with Crippen LogP contribution < -0.4 is 21.3 Å². The second-order valence-electron chi connectivity index (χ2n) is 4.79. The first kappa shape index (κ1) is 14.9. The Hall–Kier alpha value is -2.06. The minimum atomic E-state index is 0.167. The van der Waals surface area contributed by atoms with Crippen LogP contribution in [0, 0.1) is 0 Å². The van der Waals surface area contributed by atoms with Gasteiger partial charge in [-0.25, -0.2) is 9.97 Å². The topological polar surface area (TPSA) is 110 Å². The maximum Gasteiger partial charge on any atom is 0.223 e. The Morgan fingerprint density at radius 1 is 0.727 bits per heavy atom. The number of hydrogen-bond acceptors (Lipinski definition) is 8. The van der Waals surface area contributed by atoms with Crippen LogP contribution in [0.2, 0.25) is 10.3 Å². The van der Waals surface area contributed by atoms with Gasteiger partial charge >= 0.3 is 0 Å². The van der Waals surface area contributed by atoms with E-state index in [1.54, 1.807) is 12.1 Å². The molecular weight excluding hydrogens is 327 g/mol. The van der Waals surface area contributed by atoms with Crippen LogP contribution in [0.3, 0.4) is 0 Å². The highest BCUT2D eigenvalue weighted by Gasteiger charge is 2.20. The average Bonchev–Trinajstić information content (AvgIpc) is 2.45. The van der Waals surface area contributed by atoms with Crippen molar-refractivity contribution in [1.29, 1.82) is 0 Å². The number of hydrogen-bond donors (Lipinski definition) is 2. The summed E-state index contributed by atoms with van der Waals surface area (Å²) in [5.74, 6) is 1.77. The van der Waals surface area contributed by atoms with Gasteiger partial charge in [-0.2, -0.15) is 9.97 Å². The van der Waals surface area contributed by atoms with Crippen LogP contribution in [-0.4, -0.2) is 46.1 Å². The fraction of sp³-hybridized carbons (Fsp3) is 0.333. The first-order valence-corrected chi connectivity index (χ1v) is 7.37. The fourth-order valence-electron chi connectivity index (χ4n) is 2.33. The summed E-state index contributed by atoms with van der Waals surface area (Å²) in [4.78, 5) is 20.3. The molecule has 1 aliphatic heterocycles. The second kappa shape index (κ2) is 5.98. The van der Waals surface area contributed by atoms with Gasteiger partial charge in [-0.3, -0.25) is 0 Å². The molecule has 2 aromatic heterocycles. The van der Waals surface area contributed by atoms with E-state index in [2.05, 4.69) is 29.7 Å². The molecule has 0 atom stereocenters. The monoisotopic (exact) mass is 340 g/mol. The van der Waals surface area contributed by atoms with Crippen molar-refractivity contribution < 1.29 is 0 Å². The molecule has 0 aliphatic carbocycles. The highest BCUT2D eigenvalue weighted by atomic mass is 35.5. The summed E-state index contributed by atoms with van der Waals surface area (Å²) in [6.07, 6.45) is 0. The molecule has 8 nitrogen and oxygen atoms in total. The summed E-state index contributed by atoms with van der Waals surface area (Å²) in [5, 5.41) is 0.667. The number of halogens is 2. The molecule has 0 radical (unpaired) electrons. The molecule has 3 rings (SSSR count). The SMILES string of the molecule is Nc1nc(Cl)cc(N2CCN(c3cc(Cl)nc(N)n3)CC2)n1. The van der Waals surface area contributed by atoms with Crippen LogP contribution in [-0.2, 0) is 0 Å². The first-order chi connectivity index (χ1) is 10.5. The Balaban J connectivity index is 1.72. The molecule has 1 aliphatic rings. The van der Waals surface area contributed by atoms with Gasteiger partial charge in [0.2, 0.25) is 11.9 Å². The van der Waals surface area contributed by atoms with Crippen molar-refractivity contribution in [2.24, 2.45) is 0 Å². The summed E-state index contributed by atoms with van der Waals surface area (Å²) in [5.41, 5.74) is 11.3. The summed E-state index contributed by atoms with van der Waals surface area (Å²) in [6.45, 7) is 2.98. The molecule has 0 unspecified atom stereocenters. The lowest BCUT2D eigenvalue weighted by Gasteiger charge is -2.36. The number of piperazine rings is 1. The van der Waals surface area contributed by atoms with E-state index in [1.165, 1.54) is 0 Å². The van der Waals surface area contributed by atoms with Crippen LogP contribution in [0.1, 0.15) is 0 Å². The average molecular weight is 341 g/mol. The van der Waals surface area contributed by atoms with Gasteiger partial charge in [0.25, 0.3) is 0 Å². The molecular formula is C12H14Cl2N8. The van der Waals surface area contributed by atoms with Crippen molar-refractivity contribution in [1.82, 2.24) is 19.9 Å². The largest absolute Gasteiger partial charge is 0.368 e. The van der Waals surface area contributed by atoms with Crippen LogP contribution in [0.15, 0.2) is 12.1 Å². The number of nitrogens with two attached hydrogens (primary N) is 2. The predicted octanol–water partition coefficient (Wildman–Crippen LogP) is 1.06. The Bertz CT molecular complexity index is 587. The quantitative estimate of drug-likeness (QED) is 0.781. The van der Waals surface area contributed by atoms with E-state index in [9.17, 15) is 0 Å². The predicted molar refractivity (Wildman–Crippen MR) is 87.3 cm³/mol. The lowest BCUT2D eigenvalue weighted by Crippen LogP contribution is -2.47. The highest BCUT2D eigenvalue weighted by molar-refractivity contribution is 6.30. The van der Waals surface area contributed by atoms with Crippen molar-refractivity contribution in [3.8, 4) is 0 Å². The molecule has 1 fully saturated rings. The highest BCUT2D eigenvalue weighted by Crippen LogP contribution is 2.22. The third-order valence-electron chi connectivity index (χ3n) is 3.32. The van der Waals surface area contributed by atoms with Crippen molar-refractivity contribution in [2.75, 3.05) is 47.4 Å². The van der Waals surface area contributed by atoms with Crippen molar-refractivity contribution >= 4 is 46.7 Å². The van der Waals surface area contributed by atoms with Crippen LogP contribution in [0.5, 0.6) is 0 Å². The van der Waals surface area contributed by atoms with Gasteiger partial charge in [-0.15, -0.1) is 0 Å². The minimum absolute atomic E-state index is 0.167. The van der Waals surface area contributed by atoms with Gasteiger partial charge in [0.05, 0.1) is 0 Å². The minimum Gasteiger partial charge on any atom is -0.368 e. The molecule has 1 saturated heterocycles. The lowest BCUT2D eigenvalue weighted by atomic mass is 10.3. The fourth-order valence-corrected chi connectivity index (χ4v) is 2.70. The van der Waals surface area contributed by atoms with Crippen molar-refractivity contribution in [3.63, 3.8) is 0 Å². The van der Waals surface area contributed by atoms with Gasteiger partial charge in [-0.1, -0.05) is 23.2 Å². The molecule has 0 amide bonds. The van der Waals surface area contributed by atoms with Crippen LogP contribution in [0.4, 0.5) is 23.5 Å². The standard InChI is InChI=1S/C12H14Cl2N8/c13-7-5-9(19-11(15)17-7)21-1-2-22(4-3-21)10-6-8(14)18-12(16)20-10/h5-6H,1-4H2,(H2,15,17,19)(H2,16,18,20). The zero-order chi connectivity index (χ0) is 15.7. The first-order valence-electron chi connectivity index (χ1n) is 6.61. The Morgan fingerprint density at radius 3 is 1.41 bits per heavy atom. The smallest absolute Gasteiger partial charge is 0.223 e. The zero-order valence-electron chi connectivity index (χ0n) is 11.6. The van der Waals surface area contributed by atoms with E-state index >= 15 is 0 Å². The van der Waals surface area contributed by atoms with E-state index < -0.39 is 0 Å².